The number of benzene rings is 1. The summed E-state index contributed by atoms with van der Waals surface area (Å²) in [5.41, 5.74) is 0.363. The average molecular weight is 252 g/mol. The van der Waals surface area contributed by atoms with Gasteiger partial charge in [-0.3, -0.25) is 4.79 Å². The summed E-state index contributed by atoms with van der Waals surface area (Å²) >= 11 is 0. The van der Waals surface area contributed by atoms with Crippen LogP contribution in [0.1, 0.15) is 17.3 Å². The minimum absolute atomic E-state index is 0.134. The van der Waals surface area contributed by atoms with Gasteiger partial charge in [-0.2, -0.15) is 0 Å². The summed E-state index contributed by atoms with van der Waals surface area (Å²) < 4.78 is 18.4. The third-order valence-corrected chi connectivity index (χ3v) is 3.05. The Morgan fingerprint density at radius 3 is 2.94 bits per heavy atom. The molecular weight excluding hydrogens is 235 g/mol. The van der Waals surface area contributed by atoms with Crippen molar-refractivity contribution in [2.24, 2.45) is 0 Å². The van der Waals surface area contributed by atoms with Gasteiger partial charge in [-0.25, -0.2) is 4.39 Å². The van der Waals surface area contributed by atoms with Gasteiger partial charge in [-0.1, -0.05) is 0 Å². The molecule has 1 atom stereocenters. The van der Waals surface area contributed by atoms with Gasteiger partial charge < -0.3 is 15.0 Å². The van der Waals surface area contributed by atoms with Gasteiger partial charge in [0, 0.05) is 31.2 Å². The lowest BCUT2D eigenvalue weighted by Gasteiger charge is -2.32. The number of nitrogens with one attached hydrogen (secondary N) is 1. The molecule has 2 rings (SSSR count). The van der Waals surface area contributed by atoms with Crippen LogP contribution >= 0.6 is 0 Å². The molecule has 5 heteroatoms. The van der Waals surface area contributed by atoms with Crippen molar-refractivity contribution >= 4 is 5.91 Å². The van der Waals surface area contributed by atoms with Crippen LogP contribution in [0.15, 0.2) is 18.2 Å². The zero-order valence-corrected chi connectivity index (χ0v) is 10.6. The SMILES string of the molecule is COc1ccc(C(=O)N2CCN[C@H](C)C2)cc1F. The molecule has 1 saturated heterocycles. The second kappa shape index (κ2) is 5.35. The Balaban J connectivity index is 2.15. The smallest absolute Gasteiger partial charge is 0.254 e. The van der Waals surface area contributed by atoms with Crippen LogP contribution in [0, 0.1) is 5.82 Å². The highest BCUT2D eigenvalue weighted by molar-refractivity contribution is 5.94. The standard InChI is InChI=1S/C13H17FN2O2/c1-9-8-16(6-5-15-9)13(17)10-3-4-12(18-2)11(14)7-10/h3-4,7,9,15H,5-6,8H2,1-2H3/t9-/m1/s1. The molecule has 1 aliphatic rings. The van der Waals surface area contributed by atoms with Gasteiger partial charge in [-0.15, -0.1) is 0 Å². The van der Waals surface area contributed by atoms with E-state index in [1.807, 2.05) is 6.92 Å². The van der Waals surface area contributed by atoms with Crippen molar-refractivity contribution in [3.8, 4) is 5.75 Å². The number of carbonyl (C=O) groups excluding carboxylic acids is 1. The fourth-order valence-electron chi connectivity index (χ4n) is 2.10. The number of carbonyl (C=O) groups is 1. The van der Waals surface area contributed by atoms with Gasteiger partial charge >= 0.3 is 0 Å². The Kier molecular flexibility index (Phi) is 3.81. The molecule has 1 aromatic rings. The topological polar surface area (TPSA) is 41.6 Å². The maximum atomic E-state index is 13.5. The summed E-state index contributed by atoms with van der Waals surface area (Å²) in [4.78, 5) is 13.9. The molecule has 98 valence electrons. The van der Waals surface area contributed by atoms with Gasteiger partial charge in [0.05, 0.1) is 7.11 Å². The van der Waals surface area contributed by atoms with Crippen molar-refractivity contribution in [1.82, 2.24) is 10.2 Å². The van der Waals surface area contributed by atoms with Gasteiger partial charge in [0.25, 0.3) is 5.91 Å². The predicted molar refractivity (Wildman–Crippen MR) is 66.3 cm³/mol. The fourth-order valence-corrected chi connectivity index (χ4v) is 2.10. The Bertz CT molecular complexity index is 451. The van der Waals surface area contributed by atoms with Crippen molar-refractivity contribution in [1.29, 1.82) is 0 Å². The molecule has 0 bridgehead atoms. The van der Waals surface area contributed by atoms with E-state index in [0.717, 1.165) is 6.54 Å². The average Bonchev–Trinajstić information content (AvgIpc) is 2.37. The highest BCUT2D eigenvalue weighted by Gasteiger charge is 2.22. The molecule has 4 nitrogen and oxygen atoms in total. The molecule has 0 spiro atoms. The maximum Gasteiger partial charge on any atom is 0.254 e. The van der Waals surface area contributed by atoms with E-state index in [1.54, 1.807) is 11.0 Å². The van der Waals surface area contributed by atoms with Crippen LogP contribution < -0.4 is 10.1 Å². The van der Waals surface area contributed by atoms with E-state index >= 15 is 0 Å². The molecule has 1 N–H and O–H groups in total. The number of halogens is 1. The highest BCUT2D eigenvalue weighted by Crippen LogP contribution is 2.19. The third-order valence-electron chi connectivity index (χ3n) is 3.05. The van der Waals surface area contributed by atoms with Crippen LogP contribution in [-0.4, -0.2) is 43.6 Å². The third kappa shape index (κ3) is 2.61. The van der Waals surface area contributed by atoms with E-state index in [9.17, 15) is 9.18 Å². The first-order valence-electron chi connectivity index (χ1n) is 5.98. The van der Waals surface area contributed by atoms with E-state index in [0.29, 0.717) is 18.7 Å². The van der Waals surface area contributed by atoms with Crippen LogP contribution in [0.4, 0.5) is 4.39 Å². The van der Waals surface area contributed by atoms with Crippen LogP contribution in [0.25, 0.3) is 0 Å². The number of hydrogen-bond acceptors (Lipinski definition) is 3. The first-order chi connectivity index (χ1) is 8.61. The number of rotatable bonds is 2. The summed E-state index contributed by atoms with van der Waals surface area (Å²) in [6.45, 7) is 4.09. The molecule has 1 aromatic carbocycles. The maximum absolute atomic E-state index is 13.5. The highest BCUT2D eigenvalue weighted by atomic mass is 19.1. The molecular formula is C13H17FN2O2. The quantitative estimate of drug-likeness (QED) is 0.861. The van der Waals surface area contributed by atoms with Crippen molar-refractivity contribution in [3.63, 3.8) is 0 Å². The number of methoxy groups -OCH3 is 1. The predicted octanol–water partition coefficient (Wildman–Crippen LogP) is 1.27. The number of amides is 1. The molecule has 0 saturated carbocycles. The molecule has 1 heterocycles. The van der Waals surface area contributed by atoms with E-state index in [1.165, 1.54) is 19.2 Å². The zero-order chi connectivity index (χ0) is 13.1. The Hall–Kier alpha value is -1.62. The van der Waals surface area contributed by atoms with E-state index < -0.39 is 5.82 Å². The largest absolute Gasteiger partial charge is 0.494 e. The second-order valence-corrected chi connectivity index (χ2v) is 4.46. The Labute approximate surface area is 106 Å². The molecule has 1 fully saturated rings. The van der Waals surface area contributed by atoms with E-state index in [4.69, 9.17) is 4.74 Å². The minimum atomic E-state index is -0.508. The first-order valence-corrected chi connectivity index (χ1v) is 5.98. The van der Waals surface area contributed by atoms with Crippen LogP contribution in [0.3, 0.4) is 0 Å². The number of ether oxygens (including phenoxy) is 1. The molecule has 0 aliphatic carbocycles. The van der Waals surface area contributed by atoms with Crippen LogP contribution in [0.5, 0.6) is 5.75 Å². The van der Waals surface area contributed by atoms with Crippen molar-refractivity contribution in [2.45, 2.75) is 13.0 Å². The van der Waals surface area contributed by atoms with E-state index in [2.05, 4.69) is 5.32 Å². The lowest BCUT2D eigenvalue weighted by atomic mass is 10.1. The normalized spacial score (nSPS) is 19.7. The van der Waals surface area contributed by atoms with Crippen LogP contribution in [-0.2, 0) is 0 Å². The van der Waals surface area contributed by atoms with Gasteiger partial charge in [0.1, 0.15) is 0 Å². The molecule has 1 aliphatic heterocycles. The molecule has 0 aromatic heterocycles. The monoisotopic (exact) mass is 252 g/mol. The van der Waals surface area contributed by atoms with Crippen molar-refractivity contribution < 1.29 is 13.9 Å². The van der Waals surface area contributed by atoms with Crippen LogP contribution in [0.2, 0.25) is 0 Å². The summed E-state index contributed by atoms with van der Waals surface area (Å²) in [6.07, 6.45) is 0. The lowest BCUT2D eigenvalue weighted by molar-refractivity contribution is 0.0708. The van der Waals surface area contributed by atoms with Gasteiger partial charge in [0.15, 0.2) is 11.6 Å². The van der Waals surface area contributed by atoms with Gasteiger partial charge in [0.2, 0.25) is 0 Å². The fraction of sp³-hybridized carbons (Fsp3) is 0.462. The summed E-state index contributed by atoms with van der Waals surface area (Å²) in [5.74, 6) is -0.489. The van der Waals surface area contributed by atoms with Crippen molar-refractivity contribution in [3.05, 3.63) is 29.6 Å². The number of nitrogens with zero attached hydrogens (tertiary/aromatic N) is 1. The Morgan fingerprint density at radius 2 is 2.33 bits per heavy atom. The molecule has 1 amide bonds. The van der Waals surface area contributed by atoms with Crippen molar-refractivity contribution in [2.75, 3.05) is 26.7 Å². The minimum Gasteiger partial charge on any atom is -0.494 e. The second-order valence-electron chi connectivity index (χ2n) is 4.46. The first kappa shape index (κ1) is 12.8. The van der Waals surface area contributed by atoms with Gasteiger partial charge in [-0.05, 0) is 25.1 Å². The summed E-state index contributed by atoms with van der Waals surface area (Å²) in [5, 5.41) is 3.26. The Morgan fingerprint density at radius 1 is 1.56 bits per heavy atom. The molecule has 18 heavy (non-hydrogen) atoms. The van der Waals surface area contributed by atoms with E-state index in [-0.39, 0.29) is 17.7 Å². The number of piperazine rings is 1. The zero-order valence-electron chi connectivity index (χ0n) is 10.6. The summed E-state index contributed by atoms with van der Waals surface area (Å²) in [6, 6.07) is 4.57. The lowest BCUT2D eigenvalue weighted by Crippen LogP contribution is -2.51. The summed E-state index contributed by atoms with van der Waals surface area (Å²) in [7, 11) is 1.40. The molecule has 0 radical (unpaired) electrons. The molecule has 0 unspecified atom stereocenters. The number of hydrogen-bond donors (Lipinski definition) is 1.